The van der Waals surface area contributed by atoms with Crippen LogP contribution in [0, 0.1) is 23.7 Å². The molecule has 0 aromatic rings. The highest BCUT2D eigenvalue weighted by atomic mass is 32.2. The Morgan fingerprint density at radius 1 is 1.42 bits per heavy atom. The van der Waals surface area contributed by atoms with E-state index in [1.807, 2.05) is 0 Å². The van der Waals surface area contributed by atoms with Crippen LogP contribution in [0.4, 0.5) is 0 Å². The van der Waals surface area contributed by atoms with Crippen LogP contribution in [0.15, 0.2) is 0 Å². The summed E-state index contributed by atoms with van der Waals surface area (Å²) in [5.41, 5.74) is 0. The van der Waals surface area contributed by atoms with Gasteiger partial charge in [0.2, 0.25) is 0 Å². The van der Waals surface area contributed by atoms with Gasteiger partial charge in [0.05, 0.1) is 6.61 Å². The van der Waals surface area contributed by atoms with E-state index in [4.69, 9.17) is 9.84 Å². The van der Waals surface area contributed by atoms with E-state index in [-0.39, 0.29) is 5.25 Å². The van der Waals surface area contributed by atoms with Gasteiger partial charge in [0.25, 0.3) is 0 Å². The van der Waals surface area contributed by atoms with Gasteiger partial charge < -0.3 is 14.9 Å². The number of hydrogen-bond donors (Lipinski definition) is 2. The molecule has 1 aliphatic heterocycles. The summed E-state index contributed by atoms with van der Waals surface area (Å²) in [5.74, 6) is 1.04. The molecule has 2 rings (SSSR count). The zero-order valence-electron chi connectivity index (χ0n) is 11.8. The molecule has 5 atom stereocenters. The van der Waals surface area contributed by atoms with Crippen LogP contribution in [0.3, 0.4) is 0 Å². The van der Waals surface area contributed by atoms with Crippen LogP contribution in [-0.4, -0.2) is 33.2 Å². The standard InChI is InChI=1S/C14H24O4S/c1-8(2)10-5-4-9(3)6-11(10)12-7-18-14(17,19-12)13(15)16/h8-12,17H,4-7H2,1-3H3,(H,15,16)/t9-,10?,11?,12?,14-/m1/s1. The molecule has 1 heterocycles. The molecule has 1 aliphatic carbocycles. The second kappa shape index (κ2) is 5.62. The van der Waals surface area contributed by atoms with E-state index in [0.29, 0.717) is 30.3 Å². The van der Waals surface area contributed by atoms with Gasteiger partial charge in [-0.3, -0.25) is 0 Å². The molecule has 110 valence electrons. The molecule has 1 saturated carbocycles. The number of aliphatic hydroxyl groups is 1. The van der Waals surface area contributed by atoms with Gasteiger partial charge in [-0.2, -0.15) is 0 Å². The van der Waals surface area contributed by atoms with Gasteiger partial charge in [0.15, 0.2) is 0 Å². The summed E-state index contributed by atoms with van der Waals surface area (Å²) < 4.78 is 5.15. The minimum absolute atomic E-state index is 0.0937. The summed E-state index contributed by atoms with van der Waals surface area (Å²) in [6, 6.07) is 0. The van der Waals surface area contributed by atoms with Crippen molar-refractivity contribution in [1.29, 1.82) is 0 Å². The molecule has 2 aliphatic rings. The number of carboxylic acids is 1. The molecule has 4 nitrogen and oxygen atoms in total. The molecule has 19 heavy (non-hydrogen) atoms. The first kappa shape index (κ1) is 15.1. The Morgan fingerprint density at radius 2 is 2.11 bits per heavy atom. The average Bonchev–Trinajstić information content (AvgIpc) is 2.73. The topological polar surface area (TPSA) is 66.8 Å². The fourth-order valence-electron chi connectivity index (χ4n) is 3.49. The minimum Gasteiger partial charge on any atom is -0.477 e. The fraction of sp³-hybridized carbons (Fsp3) is 0.929. The molecule has 0 radical (unpaired) electrons. The lowest BCUT2D eigenvalue weighted by Gasteiger charge is -2.40. The maximum absolute atomic E-state index is 11.0. The second-order valence-corrected chi connectivity index (χ2v) is 7.74. The largest absolute Gasteiger partial charge is 0.477 e. The van der Waals surface area contributed by atoms with E-state index >= 15 is 0 Å². The molecule has 0 amide bonds. The third-order valence-corrected chi connectivity index (χ3v) is 5.98. The van der Waals surface area contributed by atoms with Crippen LogP contribution in [0.5, 0.6) is 0 Å². The van der Waals surface area contributed by atoms with Crippen LogP contribution < -0.4 is 0 Å². The van der Waals surface area contributed by atoms with E-state index in [1.165, 1.54) is 12.8 Å². The normalized spacial score (nSPS) is 43.6. The smallest absolute Gasteiger partial charge is 0.376 e. The number of ether oxygens (including phenoxy) is 1. The Kier molecular flexibility index (Phi) is 4.48. The quantitative estimate of drug-likeness (QED) is 0.835. The average molecular weight is 288 g/mol. The Morgan fingerprint density at radius 3 is 2.63 bits per heavy atom. The van der Waals surface area contributed by atoms with E-state index in [9.17, 15) is 9.90 Å². The molecular formula is C14H24O4S. The van der Waals surface area contributed by atoms with Gasteiger partial charge in [0.1, 0.15) is 0 Å². The van der Waals surface area contributed by atoms with Crippen molar-refractivity contribution in [3.05, 3.63) is 0 Å². The number of hydrogen-bond acceptors (Lipinski definition) is 4. The summed E-state index contributed by atoms with van der Waals surface area (Å²) in [6.45, 7) is 7.07. The van der Waals surface area contributed by atoms with Crippen molar-refractivity contribution in [2.75, 3.05) is 6.61 Å². The fourth-order valence-corrected chi connectivity index (χ4v) is 4.77. The van der Waals surface area contributed by atoms with Gasteiger partial charge >= 0.3 is 11.1 Å². The van der Waals surface area contributed by atoms with Crippen molar-refractivity contribution < 1.29 is 19.7 Å². The SMILES string of the molecule is CC(C)C1CC[C@@H](C)CC1C1CO[C@](O)(C(=O)O)S1. The first-order valence-corrected chi connectivity index (χ1v) is 7.99. The summed E-state index contributed by atoms with van der Waals surface area (Å²) in [6.07, 6.45) is 3.56. The minimum atomic E-state index is -2.03. The first-order valence-electron chi connectivity index (χ1n) is 7.11. The monoisotopic (exact) mass is 288 g/mol. The number of carboxylic acid groups (broad SMARTS) is 1. The van der Waals surface area contributed by atoms with E-state index in [0.717, 1.165) is 18.2 Å². The van der Waals surface area contributed by atoms with Crippen molar-refractivity contribution in [1.82, 2.24) is 0 Å². The molecule has 0 bridgehead atoms. The van der Waals surface area contributed by atoms with E-state index in [2.05, 4.69) is 20.8 Å². The maximum atomic E-state index is 11.0. The molecule has 1 saturated heterocycles. The van der Waals surface area contributed by atoms with E-state index in [1.54, 1.807) is 0 Å². The molecular weight excluding hydrogens is 264 g/mol. The van der Waals surface area contributed by atoms with Crippen LogP contribution >= 0.6 is 11.8 Å². The lowest BCUT2D eigenvalue weighted by atomic mass is 9.69. The lowest BCUT2D eigenvalue weighted by Crippen LogP contribution is -2.36. The third-order valence-electron chi connectivity index (χ3n) is 4.58. The van der Waals surface area contributed by atoms with Crippen LogP contribution in [0.2, 0.25) is 0 Å². The zero-order valence-corrected chi connectivity index (χ0v) is 12.7. The molecule has 0 spiro atoms. The first-order chi connectivity index (χ1) is 8.83. The van der Waals surface area contributed by atoms with E-state index < -0.39 is 11.1 Å². The summed E-state index contributed by atoms with van der Waals surface area (Å²) in [7, 11) is 0. The highest BCUT2D eigenvalue weighted by Gasteiger charge is 2.50. The lowest BCUT2D eigenvalue weighted by molar-refractivity contribution is -0.183. The summed E-state index contributed by atoms with van der Waals surface area (Å²) in [4.78, 5) is 11.0. The van der Waals surface area contributed by atoms with Crippen LogP contribution in [-0.2, 0) is 9.53 Å². The molecule has 0 aromatic heterocycles. The van der Waals surface area contributed by atoms with Gasteiger partial charge in [-0.05, 0) is 36.5 Å². The van der Waals surface area contributed by atoms with Gasteiger partial charge in [-0.25, -0.2) is 4.79 Å². The van der Waals surface area contributed by atoms with Crippen LogP contribution in [0.25, 0.3) is 0 Å². The zero-order chi connectivity index (χ0) is 14.2. The van der Waals surface area contributed by atoms with Crippen molar-refractivity contribution >= 4 is 17.7 Å². The molecule has 2 N–H and O–H groups in total. The number of rotatable bonds is 3. The Labute approximate surface area is 118 Å². The van der Waals surface area contributed by atoms with Crippen molar-refractivity contribution in [3.8, 4) is 0 Å². The molecule has 2 fully saturated rings. The second-order valence-electron chi connectivity index (χ2n) is 6.34. The molecule has 5 heteroatoms. The predicted octanol–water partition coefficient (Wildman–Crippen LogP) is 2.56. The van der Waals surface area contributed by atoms with Gasteiger partial charge in [-0.1, -0.05) is 39.0 Å². The summed E-state index contributed by atoms with van der Waals surface area (Å²) >= 11 is 1.08. The number of carbonyl (C=O) groups is 1. The Balaban J connectivity index is 2.09. The Hall–Kier alpha value is -0.260. The van der Waals surface area contributed by atoms with Crippen molar-refractivity contribution in [2.24, 2.45) is 23.7 Å². The predicted molar refractivity (Wildman–Crippen MR) is 74.7 cm³/mol. The number of thioether (sulfide) groups is 1. The van der Waals surface area contributed by atoms with Gasteiger partial charge in [0, 0.05) is 5.25 Å². The molecule has 0 aromatic carbocycles. The third kappa shape index (κ3) is 3.09. The highest BCUT2D eigenvalue weighted by molar-refractivity contribution is 8.01. The highest BCUT2D eigenvalue weighted by Crippen LogP contribution is 2.48. The van der Waals surface area contributed by atoms with Gasteiger partial charge in [-0.15, -0.1) is 0 Å². The maximum Gasteiger partial charge on any atom is 0.376 e. The number of aliphatic carboxylic acids is 1. The van der Waals surface area contributed by atoms with Crippen molar-refractivity contribution in [2.45, 2.75) is 50.4 Å². The Bertz CT molecular complexity index is 346. The summed E-state index contributed by atoms with van der Waals surface area (Å²) in [5, 5.41) is 17.0. The van der Waals surface area contributed by atoms with Crippen LogP contribution in [0.1, 0.15) is 40.0 Å². The van der Waals surface area contributed by atoms with Crippen molar-refractivity contribution in [3.63, 3.8) is 0 Å². The molecule has 3 unspecified atom stereocenters.